The van der Waals surface area contributed by atoms with E-state index in [1.54, 1.807) is 7.11 Å². The number of nitrogens with one attached hydrogen (secondary N) is 4. The van der Waals surface area contributed by atoms with Gasteiger partial charge in [-0.05, 0) is 127 Å². The fourth-order valence-corrected chi connectivity index (χ4v) is 13.0. The number of aromatic nitrogens is 4. The third-order valence-corrected chi connectivity index (χ3v) is 16.4. The molecule has 6 aliphatic rings. The number of methoxy groups -OCH3 is 3. The van der Waals surface area contributed by atoms with E-state index < -0.39 is 29.9 Å². The number of hydrogen-bond acceptors (Lipinski definition) is 9. The summed E-state index contributed by atoms with van der Waals surface area (Å²) in [7, 11) is 4.30. The van der Waals surface area contributed by atoms with Crippen molar-refractivity contribution in [1.82, 2.24) is 40.4 Å². The first-order valence-electron chi connectivity index (χ1n) is 24.5. The summed E-state index contributed by atoms with van der Waals surface area (Å²) >= 11 is 0. The third kappa shape index (κ3) is 7.69. The van der Waals surface area contributed by atoms with E-state index in [0.717, 1.165) is 42.9 Å². The molecule has 0 radical (unpaired) electrons. The first kappa shape index (κ1) is 45.1. The number of ether oxygens (including phenoxy) is 3. The molecule has 4 fully saturated rings. The molecule has 67 heavy (non-hydrogen) atoms. The summed E-state index contributed by atoms with van der Waals surface area (Å²) in [5, 5.41) is 5.52. The van der Waals surface area contributed by atoms with Gasteiger partial charge in [0.1, 0.15) is 23.7 Å². The molecule has 15 nitrogen and oxygen atoms in total. The van der Waals surface area contributed by atoms with Crippen molar-refractivity contribution < 1.29 is 33.4 Å². The molecule has 2 aromatic heterocycles. The lowest BCUT2D eigenvalue weighted by Gasteiger charge is -2.30. The van der Waals surface area contributed by atoms with Crippen molar-refractivity contribution in [2.75, 3.05) is 34.4 Å². The molecule has 4 bridgehead atoms. The normalized spacial score (nSPS) is 26.6. The molecule has 9 unspecified atom stereocenters. The Bertz CT molecular complexity index is 2600. The van der Waals surface area contributed by atoms with E-state index in [0.29, 0.717) is 49.0 Å². The second-order valence-electron chi connectivity index (χ2n) is 21.0. The molecule has 10 rings (SSSR count). The van der Waals surface area contributed by atoms with Crippen molar-refractivity contribution in [2.24, 2.45) is 11.8 Å². The molecule has 4 aliphatic carbocycles. The molecule has 15 heteroatoms. The third-order valence-electron chi connectivity index (χ3n) is 16.4. The quantitative estimate of drug-likeness (QED) is 0.108. The molecule has 4 heterocycles. The molecular formula is C52H66N8O7. The fourth-order valence-electron chi connectivity index (χ4n) is 13.0. The zero-order chi connectivity index (χ0) is 47.1. The molecule has 2 aromatic carbocycles. The number of carbonyl (C=O) groups is 4. The highest BCUT2D eigenvalue weighted by Gasteiger charge is 2.49. The van der Waals surface area contributed by atoms with Gasteiger partial charge >= 0.3 is 12.2 Å². The Morgan fingerprint density at radius 1 is 0.642 bits per heavy atom. The smallest absolute Gasteiger partial charge is 0.407 e. The van der Waals surface area contributed by atoms with E-state index in [1.165, 1.54) is 84.4 Å². The average Bonchev–Trinajstić information content (AvgIpc) is 4.19. The molecule has 4 aromatic rings. The summed E-state index contributed by atoms with van der Waals surface area (Å²) in [5.41, 5.74) is 12.3. The predicted molar refractivity (Wildman–Crippen MR) is 252 cm³/mol. The van der Waals surface area contributed by atoms with Gasteiger partial charge in [-0.25, -0.2) is 19.6 Å². The number of imidazole rings is 2. The standard InChI is InChI=1S/C52H66N8O7/c1-26(2)44(57-50(63)65-6)48(61)59-19-9-10-38(59)46-53-23-36(55-46)34-17-15-32(40-28-11-13-30(20-28)42(34)40)33-16-18-35(43-31-14-12-29(21-31)41(33)43)37-24-54-47(56-37)39-22-52(5,67-8)25-60(39)49(62)45(27(3)4)58-51(64)66-7/h15-18,23-24,26-31,38-39,44-45H,9-14,19-22,25H2,1-8H3,(H,53,55)(H,54,56)(H,57,63)(H,58,64). The van der Waals surface area contributed by atoms with Gasteiger partial charge in [0.15, 0.2) is 0 Å². The average molecular weight is 915 g/mol. The summed E-state index contributed by atoms with van der Waals surface area (Å²) in [6, 6.07) is 7.30. The Hall–Kier alpha value is -5.70. The van der Waals surface area contributed by atoms with Gasteiger partial charge in [-0.1, -0.05) is 52.0 Å². The fraction of sp³-hybridized carbons (Fsp3) is 0.577. The second kappa shape index (κ2) is 17.4. The molecule has 356 valence electrons. The maximum atomic E-state index is 14.2. The van der Waals surface area contributed by atoms with Crippen LogP contribution in [0.2, 0.25) is 0 Å². The summed E-state index contributed by atoms with van der Waals surface area (Å²) in [6.45, 7) is 10.7. The van der Waals surface area contributed by atoms with Crippen LogP contribution in [0.25, 0.3) is 33.6 Å². The SMILES string of the molecule is COC(=O)NC(C(=O)N1CCCC1c1ncc(-c2ccc(-c3ccc(-c4cnc(C5CC(C)(OC)CN5C(=O)C(NC(=O)OC)C(C)C)[nH]4)c4c3C3CCC4C3)c3c2C2CCC3C2)[nH]1)C(C)C. The molecule has 9 atom stereocenters. The number of nitrogens with zero attached hydrogens (tertiary/aromatic N) is 4. The highest BCUT2D eigenvalue weighted by atomic mass is 16.5. The summed E-state index contributed by atoms with van der Waals surface area (Å²) in [5.74, 6) is 2.89. The number of benzene rings is 2. The van der Waals surface area contributed by atoms with Crippen molar-refractivity contribution in [1.29, 1.82) is 0 Å². The van der Waals surface area contributed by atoms with Crippen molar-refractivity contribution >= 4 is 24.0 Å². The monoisotopic (exact) mass is 915 g/mol. The van der Waals surface area contributed by atoms with Crippen LogP contribution in [0.5, 0.6) is 0 Å². The van der Waals surface area contributed by atoms with Crippen molar-refractivity contribution in [3.8, 4) is 33.6 Å². The van der Waals surface area contributed by atoms with E-state index in [-0.39, 0.29) is 35.7 Å². The van der Waals surface area contributed by atoms with Gasteiger partial charge in [0.25, 0.3) is 0 Å². The molecule has 4 N–H and O–H groups in total. The number of alkyl carbamates (subject to hydrolysis) is 2. The summed E-state index contributed by atoms with van der Waals surface area (Å²) in [6.07, 6.45) is 11.9. The van der Waals surface area contributed by atoms with Crippen LogP contribution in [-0.2, 0) is 23.8 Å². The van der Waals surface area contributed by atoms with E-state index >= 15 is 0 Å². The zero-order valence-corrected chi connectivity index (χ0v) is 40.2. The minimum absolute atomic E-state index is 0.106. The number of amides is 4. The lowest BCUT2D eigenvalue weighted by Crippen LogP contribution is -2.51. The first-order valence-corrected chi connectivity index (χ1v) is 24.5. The molecule has 2 saturated heterocycles. The summed E-state index contributed by atoms with van der Waals surface area (Å²) in [4.78, 5) is 73.6. The van der Waals surface area contributed by atoms with Gasteiger partial charge in [-0.3, -0.25) is 9.59 Å². The van der Waals surface area contributed by atoms with Gasteiger partial charge in [0.05, 0.1) is 62.2 Å². The minimum Gasteiger partial charge on any atom is -0.453 e. The molecule has 2 aliphatic heterocycles. The van der Waals surface area contributed by atoms with E-state index in [4.69, 9.17) is 24.2 Å². The van der Waals surface area contributed by atoms with Crippen LogP contribution in [-0.4, -0.2) is 106 Å². The van der Waals surface area contributed by atoms with Crippen molar-refractivity contribution in [2.45, 2.75) is 146 Å². The van der Waals surface area contributed by atoms with Crippen LogP contribution in [0.1, 0.15) is 162 Å². The summed E-state index contributed by atoms with van der Waals surface area (Å²) < 4.78 is 15.7. The highest BCUT2D eigenvalue weighted by molar-refractivity contribution is 5.88. The van der Waals surface area contributed by atoms with Crippen molar-refractivity contribution in [3.63, 3.8) is 0 Å². The van der Waals surface area contributed by atoms with Crippen LogP contribution >= 0.6 is 0 Å². The highest BCUT2D eigenvalue weighted by Crippen LogP contribution is 2.62. The minimum atomic E-state index is -0.764. The van der Waals surface area contributed by atoms with Gasteiger partial charge in [-0.2, -0.15) is 0 Å². The van der Waals surface area contributed by atoms with Gasteiger partial charge in [0, 0.05) is 31.2 Å². The number of rotatable bonds is 12. The number of fused-ring (bicyclic) bond motifs is 10. The maximum absolute atomic E-state index is 14.2. The van der Waals surface area contributed by atoms with E-state index in [1.807, 2.05) is 56.8 Å². The number of hydrogen-bond donors (Lipinski definition) is 4. The topological polar surface area (TPSA) is 184 Å². The maximum Gasteiger partial charge on any atom is 0.407 e. The number of aromatic amines is 2. The van der Waals surface area contributed by atoms with Crippen LogP contribution in [0, 0.1) is 11.8 Å². The number of likely N-dealkylation sites (tertiary alicyclic amines) is 2. The van der Waals surface area contributed by atoms with Crippen LogP contribution in [0.4, 0.5) is 9.59 Å². The number of carbonyl (C=O) groups excluding carboxylic acids is 4. The van der Waals surface area contributed by atoms with Gasteiger partial charge in [0.2, 0.25) is 11.8 Å². The van der Waals surface area contributed by atoms with Crippen LogP contribution in [0.15, 0.2) is 36.7 Å². The largest absolute Gasteiger partial charge is 0.453 e. The molecule has 0 spiro atoms. The first-order chi connectivity index (χ1) is 32.2. The Labute approximate surface area is 392 Å². The Kier molecular flexibility index (Phi) is 11.7. The van der Waals surface area contributed by atoms with Crippen LogP contribution in [0.3, 0.4) is 0 Å². The van der Waals surface area contributed by atoms with Gasteiger partial charge < -0.3 is 44.6 Å². The Morgan fingerprint density at radius 2 is 1.07 bits per heavy atom. The molecular weight excluding hydrogens is 849 g/mol. The Morgan fingerprint density at radius 3 is 1.52 bits per heavy atom. The number of H-pyrrole nitrogens is 2. The lowest BCUT2D eigenvalue weighted by molar-refractivity contribution is -0.136. The zero-order valence-electron chi connectivity index (χ0n) is 40.2. The predicted octanol–water partition coefficient (Wildman–Crippen LogP) is 8.97. The van der Waals surface area contributed by atoms with E-state index in [9.17, 15) is 19.2 Å². The molecule has 4 amide bonds. The molecule has 2 saturated carbocycles. The van der Waals surface area contributed by atoms with Crippen molar-refractivity contribution in [3.05, 3.63) is 70.6 Å². The lowest BCUT2D eigenvalue weighted by atomic mass is 9.78. The van der Waals surface area contributed by atoms with Crippen LogP contribution < -0.4 is 10.6 Å². The Balaban J connectivity index is 0.970. The second-order valence-corrected chi connectivity index (χ2v) is 21.0. The van der Waals surface area contributed by atoms with E-state index in [2.05, 4.69) is 44.9 Å². The van der Waals surface area contributed by atoms with Gasteiger partial charge in [-0.15, -0.1) is 0 Å².